The quantitative estimate of drug-likeness (QED) is 0.583. The Kier molecular flexibility index (Phi) is 5.22. The zero-order chi connectivity index (χ0) is 16.6. The maximum atomic E-state index is 9.27. The zero-order valence-electron chi connectivity index (χ0n) is 13.5. The van der Waals surface area contributed by atoms with Gasteiger partial charge in [-0.15, -0.1) is 0 Å². The maximum absolute atomic E-state index is 9.27. The van der Waals surface area contributed by atoms with E-state index < -0.39 is 0 Å². The van der Waals surface area contributed by atoms with E-state index in [1.54, 1.807) is 0 Å². The first-order valence-corrected chi connectivity index (χ1v) is 8.13. The molecule has 1 nitrogen and oxygen atoms in total. The van der Waals surface area contributed by atoms with E-state index in [0.29, 0.717) is 6.42 Å². The van der Waals surface area contributed by atoms with Gasteiger partial charge in [0.2, 0.25) is 0 Å². The molecule has 3 aromatic carbocycles. The molecule has 3 aromatic rings. The lowest BCUT2D eigenvalue weighted by Gasteiger charge is -2.15. The lowest BCUT2D eigenvalue weighted by Crippen LogP contribution is -1.97. The van der Waals surface area contributed by atoms with Crippen LogP contribution in [0.15, 0.2) is 97.1 Å². The van der Waals surface area contributed by atoms with Crippen molar-refractivity contribution >= 4 is 5.57 Å². The monoisotopic (exact) mass is 309 g/mol. The fourth-order valence-electron chi connectivity index (χ4n) is 2.87. The molecule has 0 saturated heterocycles. The summed E-state index contributed by atoms with van der Waals surface area (Å²) in [5.74, 6) is 0.0756. The van der Waals surface area contributed by atoms with Gasteiger partial charge < -0.3 is 0 Å². The van der Waals surface area contributed by atoms with E-state index in [-0.39, 0.29) is 5.92 Å². The number of hydrogen-bond donors (Lipinski definition) is 0. The van der Waals surface area contributed by atoms with Gasteiger partial charge in [0.1, 0.15) is 0 Å². The third-order valence-electron chi connectivity index (χ3n) is 4.08. The molecule has 1 atom stereocenters. The van der Waals surface area contributed by atoms with Gasteiger partial charge in [-0.2, -0.15) is 5.26 Å². The maximum Gasteiger partial charge on any atom is 0.0631 e. The van der Waals surface area contributed by atoms with Gasteiger partial charge in [0.25, 0.3) is 0 Å². The SMILES string of the molecule is N#CC[C@H](C=C(c1ccccc1)c1ccccc1)c1ccccc1. The van der Waals surface area contributed by atoms with Crippen molar-refractivity contribution in [3.63, 3.8) is 0 Å². The predicted molar refractivity (Wildman–Crippen MR) is 99.4 cm³/mol. The van der Waals surface area contributed by atoms with Crippen LogP contribution in [0.5, 0.6) is 0 Å². The highest BCUT2D eigenvalue weighted by Crippen LogP contribution is 2.30. The molecule has 0 aliphatic carbocycles. The van der Waals surface area contributed by atoms with Crippen molar-refractivity contribution in [2.75, 3.05) is 0 Å². The van der Waals surface area contributed by atoms with Crippen LogP contribution in [-0.2, 0) is 0 Å². The molecule has 3 rings (SSSR count). The van der Waals surface area contributed by atoms with E-state index in [4.69, 9.17) is 0 Å². The second-order valence-corrected chi connectivity index (χ2v) is 5.69. The molecule has 0 aliphatic heterocycles. The average Bonchev–Trinajstić information content (AvgIpc) is 2.67. The number of hydrogen-bond acceptors (Lipinski definition) is 1. The Hall–Kier alpha value is -3.11. The van der Waals surface area contributed by atoms with Crippen molar-refractivity contribution in [1.29, 1.82) is 5.26 Å². The van der Waals surface area contributed by atoms with Gasteiger partial charge in [0, 0.05) is 12.3 Å². The van der Waals surface area contributed by atoms with Crippen molar-refractivity contribution in [2.24, 2.45) is 0 Å². The highest BCUT2D eigenvalue weighted by atomic mass is 14.3. The summed E-state index contributed by atoms with van der Waals surface area (Å²) in [6.07, 6.45) is 2.69. The molecule has 1 heteroatoms. The number of allylic oxidation sites excluding steroid dienone is 1. The second-order valence-electron chi connectivity index (χ2n) is 5.69. The van der Waals surface area contributed by atoms with Gasteiger partial charge in [-0.3, -0.25) is 0 Å². The number of rotatable bonds is 5. The molecule has 0 radical (unpaired) electrons. The van der Waals surface area contributed by atoms with E-state index >= 15 is 0 Å². The molecule has 0 saturated carbocycles. The van der Waals surface area contributed by atoms with Gasteiger partial charge in [0.15, 0.2) is 0 Å². The van der Waals surface area contributed by atoms with Gasteiger partial charge >= 0.3 is 0 Å². The molecule has 0 amide bonds. The number of nitrogens with zero attached hydrogens (tertiary/aromatic N) is 1. The van der Waals surface area contributed by atoms with Crippen molar-refractivity contribution in [1.82, 2.24) is 0 Å². The van der Waals surface area contributed by atoms with Gasteiger partial charge in [-0.1, -0.05) is 97.1 Å². The summed E-state index contributed by atoms with van der Waals surface area (Å²) in [5.41, 5.74) is 4.67. The van der Waals surface area contributed by atoms with Crippen LogP contribution in [0.2, 0.25) is 0 Å². The van der Waals surface area contributed by atoms with E-state index in [1.165, 1.54) is 22.3 Å². The lowest BCUT2D eigenvalue weighted by molar-refractivity contribution is 0.874. The van der Waals surface area contributed by atoms with Crippen LogP contribution < -0.4 is 0 Å². The Morgan fingerprint density at radius 2 is 1.21 bits per heavy atom. The first kappa shape index (κ1) is 15.8. The topological polar surface area (TPSA) is 23.8 Å². The van der Waals surface area contributed by atoms with Gasteiger partial charge in [-0.25, -0.2) is 0 Å². The molecule has 116 valence electrons. The molecule has 0 fully saturated rings. The standard InChI is InChI=1S/C23H19N/c24-17-16-22(19-10-4-1-5-11-19)18-23(20-12-6-2-7-13-20)21-14-8-3-9-15-21/h1-15,18,22H,16H2/t22-/m1/s1. The molecule has 0 aliphatic rings. The van der Waals surface area contributed by atoms with E-state index in [2.05, 4.69) is 48.5 Å². The van der Waals surface area contributed by atoms with E-state index in [1.807, 2.05) is 54.6 Å². The van der Waals surface area contributed by atoms with Crippen molar-refractivity contribution in [2.45, 2.75) is 12.3 Å². The van der Waals surface area contributed by atoms with Crippen molar-refractivity contribution in [3.05, 3.63) is 114 Å². The first-order valence-electron chi connectivity index (χ1n) is 8.13. The second kappa shape index (κ2) is 7.94. The molecule has 0 N–H and O–H groups in total. The summed E-state index contributed by atoms with van der Waals surface area (Å²) in [5, 5.41) is 9.27. The first-order chi connectivity index (χ1) is 11.9. The van der Waals surface area contributed by atoms with Crippen molar-refractivity contribution < 1.29 is 0 Å². The molecule has 0 unspecified atom stereocenters. The summed E-state index contributed by atoms with van der Waals surface area (Å²) in [4.78, 5) is 0. The van der Waals surface area contributed by atoms with Gasteiger partial charge in [0.05, 0.1) is 6.07 Å². The van der Waals surface area contributed by atoms with Crippen LogP contribution in [-0.4, -0.2) is 0 Å². The number of benzene rings is 3. The average molecular weight is 309 g/mol. The Bertz CT molecular complexity index is 786. The Labute approximate surface area is 143 Å². The van der Waals surface area contributed by atoms with E-state index in [9.17, 15) is 5.26 Å². The van der Waals surface area contributed by atoms with Crippen LogP contribution >= 0.6 is 0 Å². The summed E-state index contributed by atoms with van der Waals surface area (Å²) >= 11 is 0. The third kappa shape index (κ3) is 3.80. The highest BCUT2D eigenvalue weighted by molar-refractivity contribution is 5.80. The van der Waals surface area contributed by atoms with Crippen LogP contribution in [0.4, 0.5) is 0 Å². The number of nitriles is 1. The smallest absolute Gasteiger partial charge is 0.0631 e. The van der Waals surface area contributed by atoms with Crippen LogP contribution in [0.1, 0.15) is 29.0 Å². The Morgan fingerprint density at radius 1 is 0.750 bits per heavy atom. The van der Waals surface area contributed by atoms with Crippen LogP contribution in [0.3, 0.4) is 0 Å². The van der Waals surface area contributed by atoms with E-state index in [0.717, 1.165) is 0 Å². The molecule has 24 heavy (non-hydrogen) atoms. The Morgan fingerprint density at radius 3 is 1.67 bits per heavy atom. The summed E-state index contributed by atoms with van der Waals surface area (Å²) < 4.78 is 0. The van der Waals surface area contributed by atoms with Crippen LogP contribution in [0.25, 0.3) is 5.57 Å². The summed E-state index contributed by atoms with van der Waals surface area (Å²) in [7, 11) is 0. The minimum atomic E-state index is 0.0756. The summed E-state index contributed by atoms with van der Waals surface area (Å²) in [6, 6.07) is 33.3. The molecule has 0 heterocycles. The van der Waals surface area contributed by atoms with Crippen LogP contribution in [0, 0.1) is 11.3 Å². The minimum absolute atomic E-state index is 0.0756. The molecular formula is C23H19N. The summed E-state index contributed by atoms with van der Waals surface area (Å²) in [6.45, 7) is 0. The molecule has 0 aromatic heterocycles. The Balaban J connectivity index is 2.10. The predicted octanol–water partition coefficient (Wildman–Crippen LogP) is 5.82. The lowest BCUT2D eigenvalue weighted by atomic mass is 9.89. The van der Waals surface area contributed by atoms with Gasteiger partial charge in [-0.05, 0) is 22.3 Å². The largest absolute Gasteiger partial charge is 0.198 e. The fourth-order valence-corrected chi connectivity index (χ4v) is 2.87. The molecular weight excluding hydrogens is 290 g/mol. The molecule has 0 bridgehead atoms. The normalized spacial score (nSPS) is 11.3. The minimum Gasteiger partial charge on any atom is -0.198 e. The highest BCUT2D eigenvalue weighted by Gasteiger charge is 2.12. The fraction of sp³-hybridized carbons (Fsp3) is 0.0870. The molecule has 0 spiro atoms. The zero-order valence-corrected chi connectivity index (χ0v) is 13.5. The third-order valence-corrected chi connectivity index (χ3v) is 4.08. The van der Waals surface area contributed by atoms with Crippen molar-refractivity contribution in [3.8, 4) is 6.07 Å².